The average molecular weight is 527 g/mol. The number of nitrogens with zero attached hydrogens (tertiary/aromatic N) is 5. The fraction of sp³-hybridized carbons (Fsp3) is 0.593. The van der Waals surface area contributed by atoms with Crippen LogP contribution in [0.4, 0.5) is 22.0 Å². The van der Waals surface area contributed by atoms with Gasteiger partial charge in [-0.05, 0) is 58.6 Å². The molecule has 1 aliphatic carbocycles. The van der Waals surface area contributed by atoms with Crippen molar-refractivity contribution in [1.29, 1.82) is 0 Å². The number of benzene rings is 1. The molecule has 1 saturated carbocycles. The number of hydrogen-bond donors (Lipinski definition) is 1. The van der Waals surface area contributed by atoms with Crippen LogP contribution in [-0.2, 0) is 4.74 Å². The second-order valence-electron chi connectivity index (χ2n) is 12.1. The molecule has 1 aromatic heterocycles. The lowest BCUT2D eigenvalue weighted by Crippen LogP contribution is -2.66. The zero-order chi connectivity index (χ0) is 25.9. The van der Waals surface area contributed by atoms with Gasteiger partial charge in [0.2, 0.25) is 0 Å². The topological polar surface area (TPSA) is 97.0 Å². The van der Waals surface area contributed by atoms with E-state index >= 15 is 0 Å². The summed E-state index contributed by atoms with van der Waals surface area (Å²) in [5, 5.41) is 8.22. The summed E-state index contributed by atoms with van der Waals surface area (Å²) >= 11 is 6.10. The van der Waals surface area contributed by atoms with Crippen molar-refractivity contribution in [3.05, 3.63) is 35.5 Å². The van der Waals surface area contributed by atoms with Gasteiger partial charge in [-0.1, -0.05) is 17.7 Å². The van der Waals surface area contributed by atoms with Gasteiger partial charge in [0.1, 0.15) is 17.5 Å². The first kappa shape index (κ1) is 24.4. The Morgan fingerprint density at radius 2 is 1.81 bits per heavy atom. The molecule has 3 saturated heterocycles. The molecule has 4 heterocycles. The first-order chi connectivity index (χ1) is 17.6. The van der Waals surface area contributed by atoms with Crippen LogP contribution in [0.2, 0.25) is 5.15 Å². The first-order valence-corrected chi connectivity index (χ1v) is 13.5. The van der Waals surface area contributed by atoms with E-state index in [2.05, 4.69) is 38.2 Å². The van der Waals surface area contributed by atoms with Crippen LogP contribution in [-0.4, -0.2) is 71.2 Å². The summed E-state index contributed by atoms with van der Waals surface area (Å²) in [6, 6.07) is 11.1. The predicted octanol–water partition coefficient (Wildman–Crippen LogP) is 4.35. The van der Waals surface area contributed by atoms with Crippen molar-refractivity contribution in [3.63, 3.8) is 0 Å². The Morgan fingerprint density at radius 1 is 1.11 bits per heavy atom. The van der Waals surface area contributed by atoms with Gasteiger partial charge >= 0.3 is 6.09 Å². The summed E-state index contributed by atoms with van der Waals surface area (Å²) in [5.41, 5.74) is 7.92. The van der Waals surface area contributed by atoms with E-state index in [1.54, 1.807) is 4.90 Å². The van der Waals surface area contributed by atoms with Gasteiger partial charge < -0.3 is 29.9 Å². The van der Waals surface area contributed by atoms with Crippen LogP contribution in [0.15, 0.2) is 30.3 Å². The van der Waals surface area contributed by atoms with Gasteiger partial charge in [-0.15, -0.1) is 10.2 Å². The average Bonchev–Trinajstić information content (AvgIpc) is 3.04. The number of likely N-dealkylation sites (tertiary alicyclic amines) is 1. The predicted molar refractivity (Wildman–Crippen MR) is 143 cm³/mol. The maximum atomic E-state index is 12.3. The Hall–Kier alpha value is -2.94. The highest BCUT2D eigenvalue weighted by Crippen LogP contribution is 2.50. The van der Waals surface area contributed by atoms with E-state index < -0.39 is 5.60 Å². The summed E-state index contributed by atoms with van der Waals surface area (Å²) < 4.78 is 11.9. The van der Waals surface area contributed by atoms with E-state index in [0.29, 0.717) is 23.1 Å². The number of halogens is 1. The molecule has 6 rings (SSSR count). The van der Waals surface area contributed by atoms with Crippen molar-refractivity contribution in [2.24, 2.45) is 5.41 Å². The SMILES string of the molecule is CC(C)(C)OC(=O)N1CC2(CC(Oc3cccc(N4[C@@H]5CC[C@H]4CN(c4cc(Cl)nnc4N)C5)c3)C2)C1. The molecule has 1 spiro atoms. The van der Waals surface area contributed by atoms with Gasteiger partial charge in [0.05, 0.1) is 5.69 Å². The molecule has 2 atom stereocenters. The van der Waals surface area contributed by atoms with Gasteiger partial charge in [-0.2, -0.15) is 0 Å². The van der Waals surface area contributed by atoms with Gasteiger partial charge in [0, 0.05) is 61.5 Å². The summed E-state index contributed by atoms with van der Waals surface area (Å²) in [6.07, 6.45) is 4.21. The zero-order valence-corrected chi connectivity index (χ0v) is 22.4. The van der Waals surface area contributed by atoms with Gasteiger partial charge in [0.25, 0.3) is 0 Å². The van der Waals surface area contributed by atoms with Crippen LogP contribution >= 0.6 is 11.6 Å². The van der Waals surface area contributed by atoms with Crippen LogP contribution in [0, 0.1) is 5.41 Å². The van der Waals surface area contributed by atoms with E-state index in [9.17, 15) is 4.79 Å². The Balaban J connectivity index is 1.05. The molecule has 0 radical (unpaired) electrons. The summed E-state index contributed by atoms with van der Waals surface area (Å²) in [4.78, 5) is 18.9. The Kier molecular flexibility index (Phi) is 5.82. The lowest BCUT2D eigenvalue weighted by molar-refractivity contribution is -0.116. The Morgan fingerprint density at radius 3 is 2.49 bits per heavy atom. The normalized spacial score (nSPS) is 24.6. The van der Waals surface area contributed by atoms with Crippen LogP contribution in [0.3, 0.4) is 0 Å². The number of anilines is 3. The van der Waals surface area contributed by atoms with Gasteiger partial charge in [0.15, 0.2) is 11.0 Å². The molecule has 1 amide bonds. The molecule has 4 aliphatic rings. The van der Waals surface area contributed by atoms with E-state index in [0.717, 1.165) is 63.3 Å². The van der Waals surface area contributed by atoms with Crippen molar-refractivity contribution >= 4 is 34.9 Å². The number of piperazine rings is 1. The van der Waals surface area contributed by atoms with Crippen molar-refractivity contribution in [1.82, 2.24) is 15.1 Å². The van der Waals surface area contributed by atoms with Crippen LogP contribution in [0.1, 0.15) is 46.5 Å². The van der Waals surface area contributed by atoms with Crippen LogP contribution in [0.25, 0.3) is 0 Å². The molecule has 3 aliphatic heterocycles. The standard InChI is InChI=1S/C27H35ClN6O3/c1-26(2,3)37-25(35)33-15-27(16-33)11-21(12-27)36-20-6-4-5-17(9-20)34-18-7-8-19(34)14-32(13-18)22-10-23(28)30-31-24(22)29/h4-6,9-10,18-19,21H,7-8,11-16H2,1-3H3,(H2,29,31)/t18-,19+. The quantitative estimate of drug-likeness (QED) is 0.628. The summed E-state index contributed by atoms with van der Waals surface area (Å²) in [7, 11) is 0. The highest BCUT2D eigenvalue weighted by molar-refractivity contribution is 6.29. The third kappa shape index (κ3) is 4.74. The van der Waals surface area contributed by atoms with Gasteiger partial charge in [-0.3, -0.25) is 0 Å². The molecule has 9 nitrogen and oxygen atoms in total. The third-order valence-corrected chi connectivity index (χ3v) is 8.22. The number of fused-ring (bicyclic) bond motifs is 2. The Bertz CT molecular complexity index is 1170. The minimum atomic E-state index is -0.459. The molecule has 10 heteroatoms. The fourth-order valence-electron chi connectivity index (χ4n) is 6.52. The van der Waals surface area contributed by atoms with E-state index in [1.807, 2.05) is 32.9 Å². The largest absolute Gasteiger partial charge is 0.490 e. The second kappa shape index (κ2) is 8.82. The molecular formula is C27H35ClN6O3. The van der Waals surface area contributed by atoms with Crippen LogP contribution < -0.4 is 20.3 Å². The Labute approximate surface area is 222 Å². The second-order valence-corrected chi connectivity index (χ2v) is 12.5. The van der Waals surface area contributed by atoms with Crippen molar-refractivity contribution in [2.75, 3.05) is 41.7 Å². The zero-order valence-electron chi connectivity index (χ0n) is 21.7. The number of aromatic nitrogens is 2. The van der Waals surface area contributed by atoms with Crippen molar-refractivity contribution in [3.8, 4) is 5.75 Å². The number of nitrogens with two attached hydrogens (primary N) is 1. The fourth-order valence-corrected chi connectivity index (χ4v) is 6.66. The van der Waals surface area contributed by atoms with E-state index in [-0.39, 0.29) is 17.6 Å². The number of carbonyl (C=O) groups is 1. The van der Waals surface area contributed by atoms with Crippen molar-refractivity contribution < 1.29 is 14.3 Å². The molecule has 2 N–H and O–H groups in total. The molecule has 198 valence electrons. The highest BCUT2D eigenvalue weighted by Gasteiger charge is 2.55. The number of nitrogen functional groups attached to an aromatic ring is 1. The van der Waals surface area contributed by atoms with Crippen LogP contribution in [0.5, 0.6) is 5.75 Å². The minimum absolute atomic E-state index is 0.191. The number of ether oxygens (including phenoxy) is 2. The molecule has 2 bridgehead atoms. The lowest BCUT2D eigenvalue weighted by atomic mass is 9.62. The lowest BCUT2D eigenvalue weighted by Gasteiger charge is -2.58. The minimum Gasteiger partial charge on any atom is -0.490 e. The maximum Gasteiger partial charge on any atom is 0.410 e. The number of rotatable bonds is 4. The van der Waals surface area contributed by atoms with E-state index in [1.165, 1.54) is 5.69 Å². The molecule has 0 unspecified atom stereocenters. The number of hydrogen-bond acceptors (Lipinski definition) is 8. The highest BCUT2D eigenvalue weighted by atomic mass is 35.5. The summed E-state index contributed by atoms with van der Waals surface area (Å²) in [5.74, 6) is 1.34. The molecule has 2 aromatic rings. The molecule has 1 aromatic carbocycles. The van der Waals surface area contributed by atoms with E-state index in [4.69, 9.17) is 26.8 Å². The van der Waals surface area contributed by atoms with Gasteiger partial charge in [-0.25, -0.2) is 4.79 Å². The smallest absolute Gasteiger partial charge is 0.410 e. The number of carbonyl (C=O) groups excluding carboxylic acids is 1. The molecule has 4 fully saturated rings. The third-order valence-electron chi connectivity index (χ3n) is 8.04. The first-order valence-electron chi connectivity index (χ1n) is 13.1. The monoisotopic (exact) mass is 526 g/mol. The maximum absolute atomic E-state index is 12.3. The van der Waals surface area contributed by atoms with Crippen molar-refractivity contribution in [2.45, 2.75) is 70.2 Å². The summed E-state index contributed by atoms with van der Waals surface area (Å²) in [6.45, 7) is 8.96. The molecular weight excluding hydrogens is 492 g/mol. The molecule has 37 heavy (non-hydrogen) atoms. The number of amides is 1.